The summed E-state index contributed by atoms with van der Waals surface area (Å²) in [5.41, 5.74) is 3.55. The molecule has 152 valence electrons. The molecule has 0 aliphatic carbocycles. The minimum absolute atomic E-state index is 0.149. The lowest BCUT2D eigenvalue weighted by molar-refractivity contribution is -0.116. The van der Waals surface area contributed by atoms with Gasteiger partial charge in [-0.15, -0.1) is 5.10 Å². The zero-order valence-corrected chi connectivity index (χ0v) is 16.8. The predicted octanol–water partition coefficient (Wildman–Crippen LogP) is 4.01. The Morgan fingerprint density at radius 1 is 1.13 bits per heavy atom. The van der Waals surface area contributed by atoms with Crippen molar-refractivity contribution in [2.24, 2.45) is 0 Å². The number of hydrogen-bond acceptors (Lipinski definition) is 6. The van der Waals surface area contributed by atoms with Crippen LogP contribution in [0.25, 0.3) is 17.1 Å². The average molecular weight is 402 g/mol. The van der Waals surface area contributed by atoms with Gasteiger partial charge in [-0.1, -0.05) is 60.6 Å². The van der Waals surface area contributed by atoms with Crippen molar-refractivity contribution in [1.82, 2.24) is 25.1 Å². The highest BCUT2D eigenvalue weighted by Crippen LogP contribution is 2.21. The van der Waals surface area contributed by atoms with Crippen LogP contribution in [0.15, 0.2) is 65.4 Å². The van der Waals surface area contributed by atoms with Gasteiger partial charge in [-0.05, 0) is 23.6 Å². The minimum atomic E-state index is -0.149. The monoisotopic (exact) mass is 402 g/mol. The Hall–Kier alpha value is -3.81. The van der Waals surface area contributed by atoms with Gasteiger partial charge < -0.3 is 9.84 Å². The van der Waals surface area contributed by atoms with Crippen LogP contribution in [0.5, 0.6) is 0 Å². The van der Waals surface area contributed by atoms with Crippen LogP contribution in [0.3, 0.4) is 0 Å². The van der Waals surface area contributed by atoms with Crippen LogP contribution >= 0.6 is 0 Å². The van der Waals surface area contributed by atoms with E-state index in [1.165, 1.54) is 5.56 Å². The summed E-state index contributed by atoms with van der Waals surface area (Å²) in [6.45, 7) is 4.30. The number of carbonyl (C=O) groups excluding carboxylic acids is 1. The summed E-state index contributed by atoms with van der Waals surface area (Å²) in [4.78, 5) is 16.9. The molecule has 2 aromatic carbocycles. The van der Waals surface area contributed by atoms with Crippen LogP contribution in [0.1, 0.15) is 37.6 Å². The highest BCUT2D eigenvalue weighted by molar-refractivity contribution is 5.92. The largest absolute Gasteiger partial charge is 0.339 e. The molecule has 8 heteroatoms. The molecule has 1 N–H and O–H groups in total. The van der Waals surface area contributed by atoms with Gasteiger partial charge >= 0.3 is 0 Å². The van der Waals surface area contributed by atoms with Gasteiger partial charge in [-0.25, -0.2) is 4.68 Å². The van der Waals surface area contributed by atoms with Crippen LogP contribution in [0.2, 0.25) is 0 Å². The van der Waals surface area contributed by atoms with Crippen molar-refractivity contribution in [2.75, 3.05) is 5.32 Å². The smallest absolute Gasteiger partial charge is 0.227 e. The van der Waals surface area contributed by atoms with E-state index < -0.39 is 0 Å². The van der Waals surface area contributed by atoms with Gasteiger partial charge in [0.25, 0.3) is 0 Å². The lowest BCUT2D eigenvalue weighted by Gasteiger charge is -2.10. The number of aryl methyl sites for hydroxylation is 1. The minimum Gasteiger partial charge on any atom is -0.339 e. The van der Waals surface area contributed by atoms with Crippen molar-refractivity contribution in [1.29, 1.82) is 0 Å². The van der Waals surface area contributed by atoms with Gasteiger partial charge in [0.05, 0.1) is 23.8 Å². The second-order valence-corrected chi connectivity index (χ2v) is 7.20. The molecule has 1 amide bonds. The van der Waals surface area contributed by atoms with Crippen molar-refractivity contribution < 1.29 is 9.32 Å². The highest BCUT2D eigenvalue weighted by atomic mass is 16.5. The van der Waals surface area contributed by atoms with E-state index in [1.54, 1.807) is 17.1 Å². The van der Waals surface area contributed by atoms with Crippen molar-refractivity contribution >= 4 is 11.6 Å². The van der Waals surface area contributed by atoms with Crippen LogP contribution in [0, 0.1) is 0 Å². The lowest BCUT2D eigenvalue weighted by atomic mass is 10.0. The number of benzene rings is 2. The maximum absolute atomic E-state index is 12.4. The molecule has 0 radical (unpaired) electrons. The Morgan fingerprint density at radius 3 is 2.67 bits per heavy atom. The Morgan fingerprint density at radius 2 is 1.93 bits per heavy atom. The van der Waals surface area contributed by atoms with E-state index in [-0.39, 0.29) is 12.3 Å². The maximum Gasteiger partial charge on any atom is 0.227 e. The Kier molecular flexibility index (Phi) is 5.65. The summed E-state index contributed by atoms with van der Waals surface area (Å²) < 4.78 is 6.92. The van der Waals surface area contributed by atoms with Crippen LogP contribution in [0.4, 0.5) is 5.69 Å². The van der Waals surface area contributed by atoms with Crippen molar-refractivity contribution in [2.45, 2.75) is 32.6 Å². The van der Waals surface area contributed by atoms with Crippen LogP contribution in [-0.4, -0.2) is 31.0 Å². The van der Waals surface area contributed by atoms with Crippen LogP contribution in [-0.2, 0) is 11.2 Å². The number of carbonyl (C=O) groups is 1. The Bertz CT molecular complexity index is 1120. The molecule has 0 saturated heterocycles. The number of nitrogens with zero attached hydrogens (tertiary/aromatic N) is 5. The molecule has 0 atom stereocenters. The number of amides is 1. The van der Waals surface area contributed by atoms with Gasteiger partial charge in [0, 0.05) is 18.4 Å². The fraction of sp³-hybridized carbons (Fsp3) is 0.227. The number of nitrogens with one attached hydrogen (secondary N) is 1. The zero-order chi connectivity index (χ0) is 20.9. The molecule has 0 spiro atoms. The first-order valence-electron chi connectivity index (χ1n) is 9.78. The Labute approximate surface area is 173 Å². The fourth-order valence-electron chi connectivity index (χ4n) is 3.04. The molecule has 0 aliphatic rings. The van der Waals surface area contributed by atoms with Gasteiger partial charge in [0.15, 0.2) is 0 Å². The van der Waals surface area contributed by atoms with Crippen LogP contribution < -0.4 is 5.32 Å². The second-order valence-electron chi connectivity index (χ2n) is 7.20. The summed E-state index contributed by atoms with van der Waals surface area (Å²) in [6.07, 6.45) is 3.88. The molecule has 0 bridgehead atoms. The molecular formula is C22H22N6O2. The fourth-order valence-corrected chi connectivity index (χ4v) is 3.04. The molecular weight excluding hydrogens is 380 g/mol. The normalized spacial score (nSPS) is 11.0. The van der Waals surface area contributed by atoms with E-state index in [1.807, 2.05) is 36.4 Å². The molecule has 2 heterocycles. The molecule has 0 saturated carbocycles. The van der Waals surface area contributed by atoms with Gasteiger partial charge in [-0.3, -0.25) is 4.79 Å². The number of rotatable bonds is 7. The first-order valence-corrected chi connectivity index (χ1v) is 9.78. The van der Waals surface area contributed by atoms with Crippen molar-refractivity contribution in [3.63, 3.8) is 0 Å². The van der Waals surface area contributed by atoms with Gasteiger partial charge in [-0.2, -0.15) is 4.98 Å². The van der Waals surface area contributed by atoms with E-state index in [0.29, 0.717) is 29.7 Å². The predicted molar refractivity (Wildman–Crippen MR) is 112 cm³/mol. The standard InChI is InChI=1S/C22H22N6O2/c1-15(2)16-7-9-17(10-8-16)22-25-21(30-26-22)12-11-20(29)24-18-5-3-4-6-19(18)28-14-13-23-27-28/h3-10,13-15H,11-12H2,1-2H3,(H,24,29). The second kappa shape index (κ2) is 8.69. The summed E-state index contributed by atoms with van der Waals surface area (Å²) in [7, 11) is 0. The van der Waals surface area contributed by atoms with E-state index in [4.69, 9.17) is 4.52 Å². The molecule has 30 heavy (non-hydrogen) atoms. The SMILES string of the molecule is CC(C)c1ccc(-c2noc(CCC(=O)Nc3ccccc3-n3ccnn3)n2)cc1. The topological polar surface area (TPSA) is 98.7 Å². The molecule has 8 nitrogen and oxygen atoms in total. The quantitative estimate of drug-likeness (QED) is 0.501. The molecule has 0 fully saturated rings. The summed E-state index contributed by atoms with van der Waals surface area (Å²) in [6, 6.07) is 15.5. The first kappa shape index (κ1) is 19.5. The summed E-state index contributed by atoms with van der Waals surface area (Å²) in [5, 5.41) is 14.7. The number of para-hydroxylation sites is 2. The first-order chi connectivity index (χ1) is 14.6. The molecule has 2 aromatic heterocycles. The lowest BCUT2D eigenvalue weighted by Crippen LogP contribution is -2.14. The maximum atomic E-state index is 12.4. The van der Waals surface area contributed by atoms with Gasteiger partial charge in [0.1, 0.15) is 0 Å². The molecule has 4 rings (SSSR count). The summed E-state index contributed by atoms with van der Waals surface area (Å²) >= 11 is 0. The summed E-state index contributed by atoms with van der Waals surface area (Å²) in [5.74, 6) is 1.27. The van der Waals surface area contributed by atoms with E-state index in [0.717, 1.165) is 11.3 Å². The number of hydrogen-bond donors (Lipinski definition) is 1. The van der Waals surface area contributed by atoms with Gasteiger partial charge in [0.2, 0.25) is 17.6 Å². The number of aromatic nitrogens is 5. The molecule has 0 aliphatic heterocycles. The van der Waals surface area contributed by atoms with E-state index in [9.17, 15) is 4.79 Å². The zero-order valence-electron chi connectivity index (χ0n) is 16.8. The third-order valence-electron chi connectivity index (χ3n) is 4.72. The highest BCUT2D eigenvalue weighted by Gasteiger charge is 2.13. The third kappa shape index (κ3) is 4.43. The van der Waals surface area contributed by atoms with Crippen molar-refractivity contribution in [3.8, 4) is 17.1 Å². The van der Waals surface area contributed by atoms with Crippen molar-refractivity contribution in [3.05, 3.63) is 72.4 Å². The van der Waals surface area contributed by atoms with E-state index >= 15 is 0 Å². The number of anilines is 1. The van der Waals surface area contributed by atoms with E-state index in [2.05, 4.69) is 51.7 Å². The third-order valence-corrected chi connectivity index (χ3v) is 4.72. The Balaban J connectivity index is 1.37. The molecule has 0 unspecified atom stereocenters. The molecule has 4 aromatic rings. The average Bonchev–Trinajstić information content (AvgIpc) is 3.45.